The van der Waals surface area contributed by atoms with Crippen molar-refractivity contribution in [1.29, 1.82) is 0 Å². The van der Waals surface area contributed by atoms with Gasteiger partial charge in [-0.3, -0.25) is 9.59 Å². The predicted octanol–water partition coefficient (Wildman–Crippen LogP) is 5.05. The van der Waals surface area contributed by atoms with E-state index >= 15 is 0 Å². The average Bonchev–Trinajstić information content (AvgIpc) is 2.99. The highest BCUT2D eigenvalue weighted by molar-refractivity contribution is 6.46. The zero-order chi connectivity index (χ0) is 21.3. The SMILES string of the molecule is COc1ccc(C2=C(Nc3ccccc3C)C(=O)N(c3cccc(Cl)c3)C2=O)cc1. The van der Waals surface area contributed by atoms with Gasteiger partial charge in [0.2, 0.25) is 0 Å². The maximum atomic E-state index is 13.4. The van der Waals surface area contributed by atoms with Crippen LogP contribution in [0, 0.1) is 6.92 Å². The minimum Gasteiger partial charge on any atom is -0.497 e. The van der Waals surface area contributed by atoms with Crippen LogP contribution in [-0.4, -0.2) is 18.9 Å². The van der Waals surface area contributed by atoms with Crippen molar-refractivity contribution in [3.8, 4) is 5.75 Å². The second-order valence-electron chi connectivity index (χ2n) is 6.84. The maximum Gasteiger partial charge on any atom is 0.282 e. The summed E-state index contributed by atoms with van der Waals surface area (Å²) in [7, 11) is 1.57. The number of halogens is 1. The van der Waals surface area contributed by atoms with Crippen LogP contribution in [0.2, 0.25) is 5.02 Å². The maximum absolute atomic E-state index is 13.4. The first-order chi connectivity index (χ1) is 14.5. The molecule has 0 atom stereocenters. The number of benzene rings is 3. The fourth-order valence-electron chi connectivity index (χ4n) is 3.37. The molecule has 0 saturated heterocycles. The summed E-state index contributed by atoms with van der Waals surface area (Å²) in [6.45, 7) is 1.94. The third-order valence-corrected chi connectivity index (χ3v) is 5.17. The Hall–Kier alpha value is -3.57. The summed E-state index contributed by atoms with van der Waals surface area (Å²) in [6, 6.07) is 21.3. The Balaban J connectivity index is 1.84. The third-order valence-electron chi connectivity index (χ3n) is 4.93. The van der Waals surface area contributed by atoms with Crippen molar-refractivity contribution in [3.63, 3.8) is 0 Å². The van der Waals surface area contributed by atoms with Crippen LogP contribution in [0.3, 0.4) is 0 Å². The van der Waals surface area contributed by atoms with E-state index in [1.165, 1.54) is 0 Å². The number of carbonyl (C=O) groups is 2. The molecule has 5 nitrogen and oxygen atoms in total. The highest BCUT2D eigenvalue weighted by atomic mass is 35.5. The van der Waals surface area contributed by atoms with Crippen LogP contribution in [0.4, 0.5) is 11.4 Å². The first-order valence-electron chi connectivity index (χ1n) is 9.35. The van der Waals surface area contributed by atoms with E-state index in [-0.39, 0.29) is 5.70 Å². The van der Waals surface area contributed by atoms with E-state index in [1.807, 2.05) is 31.2 Å². The Labute approximate surface area is 179 Å². The fraction of sp³-hybridized carbons (Fsp3) is 0.0833. The van der Waals surface area contributed by atoms with E-state index in [9.17, 15) is 9.59 Å². The molecule has 150 valence electrons. The van der Waals surface area contributed by atoms with Crippen molar-refractivity contribution in [2.24, 2.45) is 0 Å². The second-order valence-corrected chi connectivity index (χ2v) is 7.28. The van der Waals surface area contributed by atoms with Crippen molar-refractivity contribution in [1.82, 2.24) is 0 Å². The lowest BCUT2D eigenvalue weighted by Crippen LogP contribution is -2.32. The van der Waals surface area contributed by atoms with E-state index in [1.54, 1.807) is 55.6 Å². The van der Waals surface area contributed by atoms with Crippen LogP contribution in [0.15, 0.2) is 78.5 Å². The number of amides is 2. The number of rotatable bonds is 5. The fourth-order valence-corrected chi connectivity index (χ4v) is 3.55. The van der Waals surface area contributed by atoms with Crippen molar-refractivity contribution in [2.75, 3.05) is 17.3 Å². The van der Waals surface area contributed by atoms with Gasteiger partial charge in [-0.1, -0.05) is 48.0 Å². The Kier molecular flexibility index (Phi) is 5.29. The largest absolute Gasteiger partial charge is 0.497 e. The van der Waals surface area contributed by atoms with Gasteiger partial charge in [-0.2, -0.15) is 0 Å². The number of nitrogens with zero attached hydrogens (tertiary/aromatic N) is 1. The minimum atomic E-state index is -0.434. The standard InChI is InChI=1S/C24H19ClN2O3/c1-15-6-3-4-9-20(15)26-22-21(16-10-12-19(30-2)13-11-16)23(28)27(24(22)29)18-8-5-7-17(25)14-18/h3-14,26H,1-2H3. The van der Waals surface area contributed by atoms with Crippen LogP contribution < -0.4 is 15.0 Å². The Morgan fingerprint density at radius 1 is 0.900 bits per heavy atom. The number of anilines is 2. The predicted molar refractivity (Wildman–Crippen MR) is 119 cm³/mol. The smallest absolute Gasteiger partial charge is 0.282 e. The van der Waals surface area contributed by atoms with Crippen molar-refractivity contribution >= 4 is 40.4 Å². The van der Waals surface area contributed by atoms with Crippen molar-refractivity contribution < 1.29 is 14.3 Å². The molecular formula is C24H19ClN2O3. The molecule has 3 aromatic carbocycles. The Bertz CT molecular complexity index is 1170. The third kappa shape index (κ3) is 3.55. The molecule has 0 aromatic heterocycles. The molecular weight excluding hydrogens is 400 g/mol. The van der Waals surface area contributed by atoms with E-state index in [0.29, 0.717) is 27.6 Å². The molecule has 2 amide bonds. The molecule has 1 aliphatic heterocycles. The molecule has 0 bridgehead atoms. The number of aryl methyl sites for hydroxylation is 1. The van der Waals surface area contributed by atoms with Gasteiger partial charge in [0, 0.05) is 10.7 Å². The van der Waals surface area contributed by atoms with Gasteiger partial charge in [0.25, 0.3) is 11.8 Å². The summed E-state index contributed by atoms with van der Waals surface area (Å²) in [4.78, 5) is 27.9. The number of ether oxygens (including phenoxy) is 1. The van der Waals surface area contributed by atoms with Gasteiger partial charge in [0.05, 0.1) is 18.4 Å². The summed E-state index contributed by atoms with van der Waals surface area (Å²) >= 11 is 6.10. The second kappa shape index (κ2) is 8.05. The summed E-state index contributed by atoms with van der Waals surface area (Å²) in [5.41, 5.74) is 3.28. The van der Waals surface area contributed by atoms with E-state index in [0.717, 1.165) is 16.2 Å². The normalized spacial score (nSPS) is 13.8. The number of nitrogens with one attached hydrogen (secondary N) is 1. The van der Waals surface area contributed by atoms with Gasteiger partial charge in [-0.15, -0.1) is 0 Å². The van der Waals surface area contributed by atoms with Gasteiger partial charge in [0.1, 0.15) is 11.4 Å². The van der Waals surface area contributed by atoms with Gasteiger partial charge in [-0.05, 0) is 54.4 Å². The molecule has 0 radical (unpaired) electrons. The number of hydrogen-bond donors (Lipinski definition) is 1. The quantitative estimate of drug-likeness (QED) is 0.589. The van der Waals surface area contributed by atoms with Crippen LogP contribution in [0.5, 0.6) is 5.75 Å². The number of para-hydroxylation sites is 1. The van der Waals surface area contributed by atoms with Gasteiger partial charge in [0.15, 0.2) is 0 Å². The first kappa shape index (κ1) is 19.7. The van der Waals surface area contributed by atoms with Crippen molar-refractivity contribution in [3.05, 3.63) is 94.6 Å². The molecule has 4 rings (SSSR count). The van der Waals surface area contributed by atoms with Crippen LogP contribution in [0.25, 0.3) is 5.57 Å². The van der Waals surface area contributed by atoms with Crippen molar-refractivity contribution in [2.45, 2.75) is 6.92 Å². The highest BCUT2D eigenvalue weighted by Crippen LogP contribution is 2.35. The Morgan fingerprint density at radius 3 is 2.30 bits per heavy atom. The molecule has 0 fully saturated rings. The molecule has 30 heavy (non-hydrogen) atoms. The van der Waals surface area contributed by atoms with Crippen LogP contribution in [-0.2, 0) is 9.59 Å². The lowest BCUT2D eigenvalue weighted by molar-refractivity contribution is -0.120. The average molecular weight is 419 g/mol. The van der Waals surface area contributed by atoms with E-state index in [4.69, 9.17) is 16.3 Å². The molecule has 0 aliphatic carbocycles. The summed E-state index contributed by atoms with van der Waals surface area (Å²) in [6.07, 6.45) is 0. The summed E-state index contributed by atoms with van der Waals surface area (Å²) < 4.78 is 5.21. The minimum absolute atomic E-state index is 0.222. The van der Waals surface area contributed by atoms with Crippen LogP contribution >= 0.6 is 11.6 Å². The Morgan fingerprint density at radius 2 is 1.63 bits per heavy atom. The molecule has 3 aromatic rings. The van der Waals surface area contributed by atoms with Crippen LogP contribution in [0.1, 0.15) is 11.1 Å². The van der Waals surface area contributed by atoms with E-state index in [2.05, 4.69) is 5.32 Å². The zero-order valence-electron chi connectivity index (χ0n) is 16.5. The molecule has 1 heterocycles. The summed E-state index contributed by atoms with van der Waals surface area (Å²) in [5.74, 6) is -0.184. The monoisotopic (exact) mass is 418 g/mol. The number of hydrogen-bond acceptors (Lipinski definition) is 4. The van der Waals surface area contributed by atoms with Gasteiger partial charge < -0.3 is 10.1 Å². The highest BCUT2D eigenvalue weighted by Gasteiger charge is 2.40. The number of methoxy groups -OCH3 is 1. The lowest BCUT2D eigenvalue weighted by atomic mass is 10.0. The van der Waals surface area contributed by atoms with Gasteiger partial charge >= 0.3 is 0 Å². The molecule has 0 saturated carbocycles. The first-order valence-corrected chi connectivity index (χ1v) is 9.73. The number of imide groups is 1. The molecule has 0 unspecified atom stereocenters. The molecule has 0 spiro atoms. The molecule has 1 N–H and O–H groups in total. The van der Waals surface area contributed by atoms with E-state index < -0.39 is 11.8 Å². The zero-order valence-corrected chi connectivity index (χ0v) is 17.2. The summed E-state index contributed by atoms with van der Waals surface area (Å²) in [5, 5.41) is 3.63. The topological polar surface area (TPSA) is 58.6 Å². The lowest BCUT2D eigenvalue weighted by Gasteiger charge is -2.16. The molecule has 1 aliphatic rings. The van der Waals surface area contributed by atoms with Gasteiger partial charge in [-0.25, -0.2) is 4.90 Å². The molecule has 6 heteroatoms. The number of carbonyl (C=O) groups excluding carboxylic acids is 2.